The fraction of sp³-hybridized carbons (Fsp3) is 0. The normalized spacial score (nSPS) is 10.7. The lowest BCUT2D eigenvalue weighted by Crippen LogP contribution is -2.14. The number of carbonyl (C=O) groups is 2. The molecule has 7 heteroatoms. The maximum absolute atomic E-state index is 13.3. The molecule has 4 aromatic rings. The molecule has 1 aromatic heterocycles. The van der Waals surface area contributed by atoms with Gasteiger partial charge in [0, 0.05) is 16.0 Å². The standard InChI is InChI=1S/C22H16FN3O2S/c23-15-7-10-17(24)18(12-15)26-21(27)13-5-8-16(9-6-13)25-22(28)20-11-14-3-1-2-4-19(14)29-20/h1-12H,24H2,(H,25,28)(H,26,27). The van der Waals surface area contributed by atoms with Crippen LogP contribution >= 0.6 is 11.3 Å². The van der Waals surface area contributed by atoms with Crippen LogP contribution in [-0.2, 0) is 0 Å². The largest absolute Gasteiger partial charge is 0.397 e. The average Bonchev–Trinajstić information content (AvgIpc) is 3.16. The number of fused-ring (bicyclic) bond motifs is 1. The molecule has 1 heterocycles. The van der Waals surface area contributed by atoms with E-state index in [0.29, 0.717) is 16.1 Å². The Morgan fingerprint density at radius 1 is 0.862 bits per heavy atom. The second kappa shape index (κ2) is 7.73. The Morgan fingerprint density at radius 3 is 2.38 bits per heavy atom. The summed E-state index contributed by atoms with van der Waals surface area (Å²) in [7, 11) is 0. The van der Waals surface area contributed by atoms with Crippen LogP contribution in [0.4, 0.5) is 21.5 Å². The summed E-state index contributed by atoms with van der Waals surface area (Å²) in [5.74, 6) is -1.13. The molecule has 0 spiro atoms. The summed E-state index contributed by atoms with van der Waals surface area (Å²) in [6.07, 6.45) is 0. The van der Waals surface area contributed by atoms with E-state index in [-0.39, 0.29) is 17.3 Å². The van der Waals surface area contributed by atoms with Crippen molar-refractivity contribution in [3.05, 3.63) is 89.1 Å². The van der Waals surface area contributed by atoms with Crippen LogP contribution in [0.15, 0.2) is 72.8 Å². The molecule has 0 aliphatic heterocycles. The van der Waals surface area contributed by atoms with Crippen LogP contribution in [0.5, 0.6) is 0 Å². The van der Waals surface area contributed by atoms with Gasteiger partial charge in [0.05, 0.1) is 16.3 Å². The van der Waals surface area contributed by atoms with Gasteiger partial charge in [-0.05, 0) is 60.0 Å². The third kappa shape index (κ3) is 4.09. The Bertz CT molecular complexity index is 1190. The molecule has 3 aromatic carbocycles. The molecule has 0 aliphatic rings. The van der Waals surface area contributed by atoms with Gasteiger partial charge in [-0.3, -0.25) is 9.59 Å². The zero-order valence-electron chi connectivity index (χ0n) is 15.1. The SMILES string of the molecule is Nc1ccc(F)cc1NC(=O)c1ccc(NC(=O)c2cc3ccccc3s2)cc1. The van der Waals surface area contributed by atoms with Crippen LogP contribution in [-0.4, -0.2) is 11.8 Å². The Kier molecular flexibility index (Phi) is 4.97. The minimum absolute atomic E-state index is 0.206. The molecule has 4 N–H and O–H groups in total. The second-order valence-electron chi connectivity index (χ2n) is 6.37. The van der Waals surface area contributed by atoms with Gasteiger partial charge in [0.2, 0.25) is 0 Å². The molecular weight excluding hydrogens is 389 g/mol. The van der Waals surface area contributed by atoms with E-state index in [0.717, 1.165) is 16.2 Å². The van der Waals surface area contributed by atoms with Crippen LogP contribution < -0.4 is 16.4 Å². The summed E-state index contributed by atoms with van der Waals surface area (Å²) >= 11 is 1.42. The lowest BCUT2D eigenvalue weighted by molar-refractivity contribution is 0.102. The molecule has 4 rings (SSSR count). The number of nitrogens with two attached hydrogens (primary N) is 1. The highest BCUT2D eigenvalue weighted by atomic mass is 32.1. The zero-order chi connectivity index (χ0) is 20.4. The van der Waals surface area contributed by atoms with Gasteiger partial charge in [0.25, 0.3) is 11.8 Å². The highest BCUT2D eigenvalue weighted by molar-refractivity contribution is 7.20. The molecule has 2 amide bonds. The zero-order valence-corrected chi connectivity index (χ0v) is 15.9. The van der Waals surface area contributed by atoms with E-state index in [4.69, 9.17) is 5.73 Å². The third-order valence-electron chi connectivity index (χ3n) is 4.32. The van der Waals surface area contributed by atoms with Crippen LogP contribution in [0.3, 0.4) is 0 Å². The molecule has 0 fully saturated rings. The quantitative estimate of drug-likeness (QED) is 0.412. The van der Waals surface area contributed by atoms with Crippen LogP contribution in [0, 0.1) is 5.82 Å². The van der Waals surface area contributed by atoms with Crippen molar-refractivity contribution in [2.24, 2.45) is 0 Å². The van der Waals surface area contributed by atoms with Gasteiger partial charge >= 0.3 is 0 Å². The number of nitrogen functional groups attached to an aromatic ring is 1. The van der Waals surface area contributed by atoms with Crippen molar-refractivity contribution < 1.29 is 14.0 Å². The summed E-state index contributed by atoms with van der Waals surface area (Å²) in [4.78, 5) is 25.4. The van der Waals surface area contributed by atoms with E-state index in [1.54, 1.807) is 24.3 Å². The van der Waals surface area contributed by atoms with Crippen molar-refractivity contribution in [3.8, 4) is 0 Å². The monoisotopic (exact) mass is 405 g/mol. The van der Waals surface area contributed by atoms with Crippen LogP contribution in [0.25, 0.3) is 10.1 Å². The maximum atomic E-state index is 13.3. The first kappa shape index (κ1) is 18.6. The van der Waals surface area contributed by atoms with E-state index in [2.05, 4.69) is 10.6 Å². The van der Waals surface area contributed by atoms with E-state index in [1.165, 1.54) is 23.5 Å². The number of carbonyl (C=O) groups excluding carboxylic acids is 2. The Labute approximate surface area is 170 Å². The summed E-state index contributed by atoms with van der Waals surface area (Å²) in [6.45, 7) is 0. The molecule has 5 nitrogen and oxygen atoms in total. The number of benzene rings is 3. The molecule has 0 aliphatic carbocycles. The molecular formula is C22H16FN3O2S. The smallest absolute Gasteiger partial charge is 0.265 e. The molecule has 0 unspecified atom stereocenters. The van der Waals surface area contributed by atoms with Gasteiger partial charge < -0.3 is 16.4 Å². The van der Waals surface area contributed by atoms with Gasteiger partial charge in [-0.1, -0.05) is 18.2 Å². The molecule has 29 heavy (non-hydrogen) atoms. The molecule has 0 bridgehead atoms. The molecule has 0 atom stereocenters. The number of rotatable bonds is 4. The molecule has 0 saturated heterocycles. The number of hydrogen-bond acceptors (Lipinski definition) is 4. The van der Waals surface area contributed by atoms with Crippen molar-refractivity contribution in [2.45, 2.75) is 0 Å². The highest BCUT2D eigenvalue weighted by Crippen LogP contribution is 2.26. The van der Waals surface area contributed by atoms with Crippen LogP contribution in [0.1, 0.15) is 20.0 Å². The maximum Gasteiger partial charge on any atom is 0.265 e. The van der Waals surface area contributed by atoms with Crippen molar-refractivity contribution in [2.75, 3.05) is 16.4 Å². The van der Waals surface area contributed by atoms with Gasteiger partial charge in [0.15, 0.2) is 0 Å². The Balaban J connectivity index is 1.45. The van der Waals surface area contributed by atoms with Crippen LogP contribution in [0.2, 0.25) is 0 Å². The number of hydrogen-bond donors (Lipinski definition) is 3. The Morgan fingerprint density at radius 2 is 1.62 bits per heavy atom. The lowest BCUT2D eigenvalue weighted by Gasteiger charge is -2.09. The number of nitrogens with one attached hydrogen (secondary N) is 2. The average molecular weight is 405 g/mol. The van der Waals surface area contributed by atoms with Gasteiger partial charge in [0.1, 0.15) is 5.82 Å². The Hall–Kier alpha value is -3.71. The highest BCUT2D eigenvalue weighted by Gasteiger charge is 2.12. The first-order valence-electron chi connectivity index (χ1n) is 8.76. The second-order valence-corrected chi connectivity index (χ2v) is 7.45. The van der Waals surface area contributed by atoms with E-state index >= 15 is 0 Å². The predicted octanol–water partition coefficient (Wildman–Crippen LogP) is 5.13. The van der Waals surface area contributed by atoms with E-state index in [1.807, 2.05) is 30.3 Å². The minimum atomic E-state index is -0.492. The fourth-order valence-corrected chi connectivity index (χ4v) is 3.78. The third-order valence-corrected chi connectivity index (χ3v) is 5.43. The van der Waals surface area contributed by atoms with E-state index in [9.17, 15) is 14.0 Å². The van der Waals surface area contributed by atoms with Gasteiger partial charge in [-0.2, -0.15) is 0 Å². The predicted molar refractivity (Wildman–Crippen MR) is 115 cm³/mol. The van der Waals surface area contributed by atoms with E-state index < -0.39 is 11.7 Å². The van der Waals surface area contributed by atoms with Gasteiger partial charge in [-0.25, -0.2) is 4.39 Å². The van der Waals surface area contributed by atoms with Gasteiger partial charge in [-0.15, -0.1) is 11.3 Å². The fourth-order valence-electron chi connectivity index (χ4n) is 2.82. The van der Waals surface area contributed by atoms with Crippen molar-refractivity contribution in [1.29, 1.82) is 0 Å². The van der Waals surface area contributed by atoms with Crippen molar-refractivity contribution in [3.63, 3.8) is 0 Å². The number of halogens is 1. The summed E-state index contributed by atoms with van der Waals surface area (Å²) in [6, 6.07) is 19.8. The van der Waals surface area contributed by atoms with Crippen molar-refractivity contribution in [1.82, 2.24) is 0 Å². The topological polar surface area (TPSA) is 84.2 Å². The lowest BCUT2D eigenvalue weighted by atomic mass is 10.1. The molecule has 144 valence electrons. The number of amides is 2. The minimum Gasteiger partial charge on any atom is -0.397 e. The summed E-state index contributed by atoms with van der Waals surface area (Å²) < 4.78 is 14.4. The first-order valence-corrected chi connectivity index (χ1v) is 9.57. The molecule has 0 radical (unpaired) electrons. The first-order chi connectivity index (χ1) is 14.0. The summed E-state index contributed by atoms with van der Waals surface area (Å²) in [5, 5.41) is 6.42. The number of thiophene rings is 1. The van der Waals surface area contributed by atoms with Crippen molar-refractivity contribution >= 4 is 50.3 Å². The summed E-state index contributed by atoms with van der Waals surface area (Å²) in [5.41, 5.74) is 7.15. The molecule has 0 saturated carbocycles. The number of anilines is 3.